The fraction of sp³-hybridized carbons (Fsp3) is 0.471. The van der Waals surface area contributed by atoms with Crippen LogP contribution in [-0.4, -0.2) is 34.6 Å². The van der Waals surface area contributed by atoms with Crippen LogP contribution in [0.2, 0.25) is 0 Å². The topological polar surface area (TPSA) is 56.9 Å². The van der Waals surface area contributed by atoms with Crippen LogP contribution in [0.15, 0.2) is 24.4 Å². The number of fused-ring (bicyclic) bond motifs is 1. The van der Waals surface area contributed by atoms with Gasteiger partial charge in [-0.15, -0.1) is 0 Å². The number of thioether (sulfide) groups is 1. The van der Waals surface area contributed by atoms with E-state index in [4.69, 9.17) is 0 Å². The van der Waals surface area contributed by atoms with Crippen molar-refractivity contribution in [2.45, 2.75) is 31.9 Å². The number of benzene rings is 1. The third-order valence-electron chi connectivity index (χ3n) is 3.33. The second-order valence-electron chi connectivity index (χ2n) is 6.40. The predicted molar refractivity (Wildman–Crippen MR) is 95.6 cm³/mol. The van der Waals surface area contributed by atoms with Gasteiger partial charge in [-0.05, 0) is 30.2 Å². The summed E-state index contributed by atoms with van der Waals surface area (Å²) in [6.45, 7) is 7.67. The molecule has 23 heavy (non-hydrogen) atoms. The SMILES string of the molecule is CC(C)(C)SCCNC(=O)NCCc1c[nH]c2cc(F)ccc12. The first kappa shape index (κ1) is 17.7. The third kappa shape index (κ3) is 5.78. The van der Waals surface area contributed by atoms with Crippen molar-refractivity contribution in [3.05, 3.63) is 35.8 Å². The molecule has 6 heteroatoms. The molecule has 0 fully saturated rings. The fourth-order valence-electron chi connectivity index (χ4n) is 2.26. The van der Waals surface area contributed by atoms with Crippen LogP contribution in [0.3, 0.4) is 0 Å². The van der Waals surface area contributed by atoms with Crippen molar-refractivity contribution in [2.75, 3.05) is 18.8 Å². The number of nitrogens with one attached hydrogen (secondary N) is 3. The van der Waals surface area contributed by atoms with Gasteiger partial charge in [-0.1, -0.05) is 20.8 Å². The number of H-pyrrole nitrogens is 1. The largest absolute Gasteiger partial charge is 0.361 e. The molecule has 0 bridgehead atoms. The summed E-state index contributed by atoms with van der Waals surface area (Å²) in [5.74, 6) is 0.641. The minimum Gasteiger partial charge on any atom is -0.361 e. The second-order valence-corrected chi connectivity index (χ2v) is 8.32. The number of hydrogen-bond acceptors (Lipinski definition) is 2. The molecule has 0 radical (unpaired) electrons. The van der Waals surface area contributed by atoms with E-state index in [2.05, 4.69) is 36.4 Å². The van der Waals surface area contributed by atoms with Crippen LogP contribution >= 0.6 is 11.8 Å². The minimum atomic E-state index is -0.253. The first-order valence-corrected chi connectivity index (χ1v) is 8.75. The predicted octanol–water partition coefficient (Wildman–Crippen LogP) is 3.68. The van der Waals surface area contributed by atoms with Gasteiger partial charge in [-0.2, -0.15) is 11.8 Å². The zero-order valence-electron chi connectivity index (χ0n) is 13.8. The highest BCUT2D eigenvalue weighted by molar-refractivity contribution is 8.00. The monoisotopic (exact) mass is 337 g/mol. The number of rotatable bonds is 6. The van der Waals surface area contributed by atoms with Gasteiger partial charge >= 0.3 is 6.03 Å². The minimum absolute atomic E-state index is 0.148. The van der Waals surface area contributed by atoms with Gasteiger partial charge in [0.1, 0.15) is 5.82 Å². The average Bonchev–Trinajstić information content (AvgIpc) is 2.85. The molecule has 1 aromatic carbocycles. The van der Waals surface area contributed by atoms with E-state index in [0.717, 1.165) is 22.2 Å². The molecular weight excluding hydrogens is 313 g/mol. The smallest absolute Gasteiger partial charge is 0.314 e. The lowest BCUT2D eigenvalue weighted by molar-refractivity contribution is 0.241. The van der Waals surface area contributed by atoms with E-state index in [-0.39, 0.29) is 16.6 Å². The summed E-state index contributed by atoms with van der Waals surface area (Å²) < 4.78 is 13.4. The summed E-state index contributed by atoms with van der Waals surface area (Å²) >= 11 is 1.82. The molecule has 2 amide bonds. The third-order valence-corrected chi connectivity index (χ3v) is 4.61. The lowest BCUT2D eigenvalue weighted by Gasteiger charge is -2.17. The molecule has 0 aliphatic carbocycles. The van der Waals surface area contributed by atoms with Crippen LogP contribution in [0.25, 0.3) is 10.9 Å². The standard InChI is InChI=1S/C17H24FN3OS/c1-17(2,3)23-9-8-20-16(22)19-7-6-12-11-21-15-10-13(18)4-5-14(12)15/h4-5,10-11,21H,6-9H2,1-3H3,(H2,19,20,22). The van der Waals surface area contributed by atoms with E-state index in [0.29, 0.717) is 19.5 Å². The number of halogens is 1. The molecule has 126 valence electrons. The van der Waals surface area contributed by atoms with Crippen LogP contribution in [0.4, 0.5) is 9.18 Å². The van der Waals surface area contributed by atoms with Crippen molar-refractivity contribution < 1.29 is 9.18 Å². The molecule has 0 unspecified atom stereocenters. The van der Waals surface area contributed by atoms with Gasteiger partial charge in [-0.3, -0.25) is 0 Å². The van der Waals surface area contributed by atoms with Crippen molar-refractivity contribution in [3.63, 3.8) is 0 Å². The second kappa shape index (κ2) is 7.73. The van der Waals surface area contributed by atoms with Crippen LogP contribution < -0.4 is 10.6 Å². The van der Waals surface area contributed by atoms with E-state index < -0.39 is 0 Å². The molecule has 0 atom stereocenters. The van der Waals surface area contributed by atoms with Gasteiger partial charge in [0.2, 0.25) is 0 Å². The van der Waals surface area contributed by atoms with Crippen LogP contribution in [0.1, 0.15) is 26.3 Å². The zero-order chi connectivity index (χ0) is 16.9. The summed E-state index contributed by atoms with van der Waals surface area (Å²) in [7, 11) is 0. The number of amides is 2. The Balaban J connectivity index is 1.71. The quantitative estimate of drug-likeness (QED) is 0.704. The Labute approximate surface area is 140 Å². The number of aromatic amines is 1. The lowest BCUT2D eigenvalue weighted by atomic mass is 10.1. The highest BCUT2D eigenvalue weighted by Gasteiger charge is 2.10. The zero-order valence-corrected chi connectivity index (χ0v) is 14.6. The summed E-state index contributed by atoms with van der Waals surface area (Å²) in [6, 6.07) is 4.55. The van der Waals surface area contributed by atoms with Crippen LogP contribution in [-0.2, 0) is 6.42 Å². The van der Waals surface area contributed by atoms with Crippen LogP contribution in [0.5, 0.6) is 0 Å². The van der Waals surface area contributed by atoms with E-state index in [1.807, 2.05) is 18.0 Å². The Morgan fingerprint density at radius 2 is 2.00 bits per heavy atom. The first-order valence-electron chi connectivity index (χ1n) is 7.76. The molecule has 2 aromatic rings. The molecule has 1 aromatic heterocycles. The molecule has 2 rings (SSSR count). The van der Waals surface area contributed by atoms with Crippen molar-refractivity contribution in [1.82, 2.24) is 15.6 Å². The Hall–Kier alpha value is -1.69. The Morgan fingerprint density at radius 1 is 1.26 bits per heavy atom. The molecule has 3 N–H and O–H groups in total. The number of carbonyl (C=O) groups excluding carboxylic acids is 1. The van der Waals surface area contributed by atoms with E-state index in [9.17, 15) is 9.18 Å². The summed E-state index contributed by atoms with van der Waals surface area (Å²) in [4.78, 5) is 14.8. The van der Waals surface area contributed by atoms with Crippen molar-refractivity contribution in [1.29, 1.82) is 0 Å². The van der Waals surface area contributed by atoms with E-state index >= 15 is 0 Å². The number of hydrogen-bond donors (Lipinski definition) is 3. The Bertz CT molecular complexity index is 663. The molecule has 0 saturated heterocycles. The fourth-order valence-corrected chi connectivity index (χ4v) is 3.08. The molecule has 0 spiro atoms. The summed E-state index contributed by atoms with van der Waals surface area (Å²) in [5.41, 5.74) is 1.85. The van der Waals surface area contributed by atoms with Crippen molar-refractivity contribution in [3.8, 4) is 0 Å². The van der Waals surface area contributed by atoms with Gasteiger partial charge < -0.3 is 15.6 Å². The van der Waals surface area contributed by atoms with Gasteiger partial charge in [0.05, 0.1) is 0 Å². The number of aromatic nitrogens is 1. The molecule has 0 aliphatic rings. The maximum atomic E-state index is 13.1. The molecular formula is C17H24FN3OS. The van der Waals surface area contributed by atoms with Gasteiger partial charge in [-0.25, -0.2) is 9.18 Å². The average molecular weight is 337 g/mol. The van der Waals surface area contributed by atoms with Gasteiger partial charge in [0.15, 0.2) is 0 Å². The summed E-state index contributed by atoms with van der Waals surface area (Å²) in [5, 5.41) is 6.69. The molecule has 1 heterocycles. The lowest BCUT2D eigenvalue weighted by Crippen LogP contribution is -2.38. The van der Waals surface area contributed by atoms with Crippen molar-refractivity contribution >= 4 is 28.7 Å². The summed E-state index contributed by atoms with van der Waals surface area (Å²) in [6.07, 6.45) is 2.57. The molecule has 4 nitrogen and oxygen atoms in total. The number of urea groups is 1. The normalized spacial score (nSPS) is 11.7. The number of carbonyl (C=O) groups is 1. The molecule has 0 saturated carbocycles. The van der Waals surface area contributed by atoms with Gasteiger partial charge in [0.25, 0.3) is 0 Å². The van der Waals surface area contributed by atoms with E-state index in [1.54, 1.807) is 6.07 Å². The maximum absolute atomic E-state index is 13.1. The first-order chi connectivity index (χ1) is 10.8. The Kier molecular flexibility index (Phi) is 5.93. The highest BCUT2D eigenvalue weighted by Crippen LogP contribution is 2.22. The van der Waals surface area contributed by atoms with E-state index in [1.165, 1.54) is 12.1 Å². The molecule has 0 aliphatic heterocycles. The Morgan fingerprint density at radius 3 is 2.74 bits per heavy atom. The van der Waals surface area contributed by atoms with Gasteiger partial charge in [0, 0.05) is 40.7 Å². The maximum Gasteiger partial charge on any atom is 0.314 e. The van der Waals surface area contributed by atoms with Crippen molar-refractivity contribution in [2.24, 2.45) is 0 Å². The highest BCUT2D eigenvalue weighted by atomic mass is 32.2. The van der Waals surface area contributed by atoms with Crippen LogP contribution in [0, 0.1) is 5.82 Å².